The first-order chi connectivity index (χ1) is 8.22. The fraction of sp³-hybridized carbons (Fsp3) is 0.0769. The van der Waals surface area contributed by atoms with Crippen LogP contribution in [0.25, 0.3) is 11.3 Å². The molecule has 0 N–H and O–H groups in total. The molecule has 0 unspecified atom stereocenters. The van der Waals surface area contributed by atoms with Gasteiger partial charge in [0.1, 0.15) is 0 Å². The first-order valence-electron chi connectivity index (χ1n) is 5.09. The minimum Gasteiger partial charge on any atom is -0.618 e. The zero-order valence-electron chi connectivity index (χ0n) is 9.29. The van der Waals surface area contributed by atoms with Gasteiger partial charge in [0.25, 0.3) is 0 Å². The summed E-state index contributed by atoms with van der Waals surface area (Å²) in [6.07, 6.45) is 1.42. The molecule has 4 nitrogen and oxygen atoms in total. The Hall–Kier alpha value is -2.36. The number of hydrogen-bond donors (Lipinski definition) is 0. The largest absolute Gasteiger partial charge is 0.618 e. The van der Waals surface area contributed by atoms with Crippen LogP contribution in [0.5, 0.6) is 0 Å². The molecular weight excluding hydrogens is 218 g/mol. The van der Waals surface area contributed by atoms with Gasteiger partial charge in [-0.25, -0.2) is 4.79 Å². The molecule has 4 heteroatoms. The lowest BCUT2D eigenvalue weighted by Crippen LogP contribution is -2.27. The van der Waals surface area contributed by atoms with E-state index in [0.717, 1.165) is 4.73 Å². The predicted molar refractivity (Wildman–Crippen MR) is 62.2 cm³/mol. The molecule has 0 amide bonds. The molecule has 0 fully saturated rings. The fourth-order valence-electron chi connectivity index (χ4n) is 1.58. The smallest absolute Gasteiger partial charge is 0.337 e. The Balaban J connectivity index is 2.47. The number of rotatable bonds is 2. The minimum atomic E-state index is -0.416. The van der Waals surface area contributed by atoms with E-state index < -0.39 is 5.97 Å². The number of carbonyl (C=O) groups excluding carboxylic acids is 1. The Kier molecular flexibility index (Phi) is 3.05. The summed E-state index contributed by atoms with van der Waals surface area (Å²) in [6, 6.07) is 11.9. The van der Waals surface area contributed by atoms with Crippen molar-refractivity contribution in [3.63, 3.8) is 0 Å². The summed E-state index contributed by atoms with van der Waals surface area (Å²) < 4.78 is 5.39. The van der Waals surface area contributed by atoms with Crippen molar-refractivity contribution in [2.75, 3.05) is 7.11 Å². The van der Waals surface area contributed by atoms with E-state index in [2.05, 4.69) is 4.74 Å². The van der Waals surface area contributed by atoms with Gasteiger partial charge in [-0.05, 0) is 24.3 Å². The van der Waals surface area contributed by atoms with Crippen molar-refractivity contribution >= 4 is 5.97 Å². The normalized spacial score (nSPS) is 9.94. The van der Waals surface area contributed by atoms with Crippen LogP contribution in [0, 0.1) is 5.21 Å². The Morgan fingerprint density at radius 2 is 2.06 bits per heavy atom. The number of esters is 1. The molecule has 0 aliphatic heterocycles. The van der Waals surface area contributed by atoms with E-state index in [1.165, 1.54) is 13.3 Å². The molecule has 0 aliphatic carbocycles. The van der Waals surface area contributed by atoms with Gasteiger partial charge in [0, 0.05) is 17.7 Å². The highest BCUT2D eigenvalue weighted by Crippen LogP contribution is 2.16. The third-order valence-corrected chi connectivity index (χ3v) is 2.40. The van der Waals surface area contributed by atoms with Gasteiger partial charge in [-0.1, -0.05) is 6.07 Å². The first-order valence-corrected chi connectivity index (χ1v) is 5.09. The van der Waals surface area contributed by atoms with Crippen LogP contribution in [0.1, 0.15) is 10.4 Å². The van der Waals surface area contributed by atoms with E-state index in [1.54, 1.807) is 42.5 Å². The van der Waals surface area contributed by atoms with Gasteiger partial charge in [-0.3, -0.25) is 0 Å². The molecule has 0 spiro atoms. The lowest BCUT2D eigenvalue weighted by molar-refractivity contribution is -0.593. The number of nitrogens with zero attached hydrogens (tertiary/aromatic N) is 1. The summed E-state index contributed by atoms with van der Waals surface area (Å²) in [7, 11) is 1.32. The van der Waals surface area contributed by atoms with Crippen molar-refractivity contribution in [1.29, 1.82) is 0 Å². The van der Waals surface area contributed by atoms with Gasteiger partial charge in [0.05, 0.1) is 12.7 Å². The number of pyridine rings is 1. The highest BCUT2D eigenvalue weighted by atomic mass is 16.5. The second-order valence-electron chi connectivity index (χ2n) is 3.48. The van der Waals surface area contributed by atoms with Crippen LogP contribution < -0.4 is 4.73 Å². The van der Waals surface area contributed by atoms with Gasteiger partial charge in [0.15, 0.2) is 6.20 Å². The summed E-state index contributed by atoms with van der Waals surface area (Å²) in [4.78, 5) is 11.4. The zero-order valence-corrected chi connectivity index (χ0v) is 9.29. The summed E-state index contributed by atoms with van der Waals surface area (Å²) in [5.74, 6) is -0.416. The fourth-order valence-corrected chi connectivity index (χ4v) is 1.58. The number of methoxy groups -OCH3 is 1. The summed E-state index contributed by atoms with van der Waals surface area (Å²) in [6.45, 7) is 0. The van der Waals surface area contributed by atoms with E-state index in [-0.39, 0.29) is 0 Å². The second-order valence-corrected chi connectivity index (χ2v) is 3.48. The molecular formula is C13H11NO3. The van der Waals surface area contributed by atoms with E-state index in [0.29, 0.717) is 16.8 Å². The standard InChI is InChI=1S/C13H11NO3/c1-17-13(15)11-6-4-5-10(9-11)12-7-2-3-8-14(12)16/h2-9H,1H3. The lowest BCUT2D eigenvalue weighted by Gasteiger charge is -2.05. The highest BCUT2D eigenvalue weighted by molar-refractivity contribution is 5.90. The van der Waals surface area contributed by atoms with Crippen molar-refractivity contribution in [3.8, 4) is 11.3 Å². The first kappa shape index (κ1) is 11.1. The van der Waals surface area contributed by atoms with Gasteiger partial charge in [0.2, 0.25) is 5.69 Å². The van der Waals surface area contributed by atoms with Crippen LogP contribution in [-0.2, 0) is 4.74 Å². The molecule has 2 aromatic rings. The number of carbonyl (C=O) groups is 1. The van der Waals surface area contributed by atoms with Crippen molar-refractivity contribution in [2.45, 2.75) is 0 Å². The van der Waals surface area contributed by atoms with Crippen LogP contribution in [0.2, 0.25) is 0 Å². The Morgan fingerprint density at radius 1 is 1.24 bits per heavy atom. The molecule has 86 valence electrons. The zero-order chi connectivity index (χ0) is 12.3. The molecule has 0 radical (unpaired) electrons. The number of aromatic nitrogens is 1. The maximum atomic E-state index is 11.6. The topological polar surface area (TPSA) is 53.2 Å². The lowest BCUT2D eigenvalue weighted by atomic mass is 10.1. The van der Waals surface area contributed by atoms with Crippen molar-refractivity contribution in [1.82, 2.24) is 0 Å². The van der Waals surface area contributed by atoms with E-state index in [9.17, 15) is 10.0 Å². The monoisotopic (exact) mass is 229 g/mol. The van der Waals surface area contributed by atoms with E-state index >= 15 is 0 Å². The highest BCUT2D eigenvalue weighted by Gasteiger charge is 2.11. The summed E-state index contributed by atoms with van der Waals surface area (Å²) in [5, 5.41) is 11.6. The van der Waals surface area contributed by atoms with Gasteiger partial charge in [-0.15, -0.1) is 0 Å². The van der Waals surface area contributed by atoms with Crippen LogP contribution in [0.3, 0.4) is 0 Å². The Bertz CT molecular complexity index is 552. The van der Waals surface area contributed by atoms with Gasteiger partial charge >= 0.3 is 5.97 Å². The van der Waals surface area contributed by atoms with Crippen LogP contribution in [0.15, 0.2) is 48.7 Å². The Morgan fingerprint density at radius 3 is 2.76 bits per heavy atom. The third kappa shape index (κ3) is 2.25. The van der Waals surface area contributed by atoms with Crippen LogP contribution in [-0.4, -0.2) is 13.1 Å². The van der Waals surface area contributed by atoms with Crippen LogP contribution >= 0.6 is 0 Å². The van der Waals surface area contributed by atoms with Crippen molar-refractivity contribution < 1.29 is 14.3 Å². The maximum absolute atomic E-state index is 11.6. The van der Waals surface area contributed by atoms with Crippen LogP contribution in [0.4, 0.5) is 0 Å². The maximum Gasteiger partial charge on any atom is 0.337 e. The molecule has 1 aromatic heterocycles. The SMILES string of the molecule is COC(=O)c1cccc(-c2cccc[n+]2[O-])c1. The summed E-state index contributed by atoms with van der Waals surface area (Å²) in [5.41, 5.74) is 1.61. The molecule has 0 saturated heterocycles. The molecule has 1 aromatic carbocycles. The average Bonchev–Trinajstić information content (AvgIpc) is 2.38. The third-order valence-electron chi connectivity index (χ3n) is 2.40. The molecule has 2 rings (SSSR count). The second kappa shape index (κ2) is 4.65. The van der Waals surface area contributed by atoms with Crippen molar-refractivity contribution in [2.24, 2.45) is 0 Å². The molecule has 0 bridgehead atoms. The number of ether oxygens (including phenoxy) is 1. The van der Waals surface area contributed by atoms with E-state index in [4.69, 9.17) is 0 Å². The average molecular weight is 229 g/mol. The molecule has 0 atom stereocenters. The predicted octanol–water partition coefficient (Wildman–Crippen LogP) is 1.77. The van der Waals surface area contributed by atoms with Crippen molar-refractivity contribution in [3.05, 3.63) is 59.4 Å². The quantitative estimate of drug-likeness (QED) is 0.448. The van der Waals surface area contributed by atoms with Gasteiger partial charge < -0.3 is 9.94 Å². The van der Waals surface area contributed by atoms with Gasteiger partial charge in [-0.2, -0.15) is 4.73 Å². The Labute approximate surface area is 98.7 Å². The molecule has 1 heterocycles. The molecule has 17 heavy (non-hydrogen) atoms. The summed E-state index contributed by atoms with van der Waals surface area (Å²) >= 11 is 0. The molecule has 0 saturated carbocycles. The molecule has 0 aliphatic rings. The minimum absolute atomic E-state index is 0.416. The van der Waals surface area contributed by atoms with E-state index in [1.807, 2.05) is 0 Å². The number of hydrogen-bond acceptors (Lipinski definition) is 3. The number of benzene rings is 1.